The van der Waals surface area contributed by atoms with Crippen molar-refractivity contribution in [1.82, 2.24) is 9.88 Å². The van der Waals surface area contributed by atoms with Crippen LogP contribution < -0.4 is 4.74 Å². The quantitative estimate of drug-likeness (QED) is 0.544. The topological polar surface area (TPSA) is 51.7 Å². The molecule has 1 aromatic carbocycles. The maximum atomic E-state index is 12.2. The minimum atomic E-state index is -0.473. The Balaban J connectivity index is 1.57. The van der Waals surface area contributed by atoms with Crippen molar-refractivity contribution < 1.29 is 14.3 Å². The number of piperidine rings is 1. The van der Waals surface area contributed by atoms with Crippen molar-refractivity contribution >= 4 is 35.4 Å². The van der Waals surface area contributed by atoms with Crippen molar-refractivity contribution in [2.75, 3.05) is 13.1 Å². The van der Waals surface area contributed by atoms with Gasteiger partial charge in [0, 0.05) is 24.3 Å². The molecule has 7 heteroatoms. The van der Waals surface area contributed by atoms with E-state index >= 15 is 0 Å². The van der Waals surface area contributed by atoms with Gasteiger partial charge >= 0.3 is 6.09 Å². The number of amides is 1. The Labute approximate surface area is 187 Å². The minimum Gasteiger partial charge on any atom is -0.486 e. The van der Waals surface area contributed by atoms with Gasteiger partial charge in [0.25, 0.3) is 0 Å². The highest BCUT2D eigenvalue weighted by Crippen LogP contribution is 2.28. The molecule has 1 saturated heterocycles. The molecular weight excluding hydrogens is 423 g/mol. The molecule has 2 aromatic rings. The predicted molar refractivity (Wildman–Crippen MR) is 120 cm³/mol. The molecule has 1 aliphatic rings. The average Bonchev–Trinajstić information content (AvgIpc) is 2.67. The van der Waals surface area contributed by atoms with Crippen LogP contribution in [-0.4, -0.2) is 34.7 Å². The van der Waals surface area contributed by atoms with Crippen molar-refractivity contribution in [3.63, 3.8) is 0 Å². The lowest BCUT2D eigenvalue weighted by Crippen LogP contribution is -2.40. The van der Waals surface area contributed by atoms with Crippen molar-refractivity contribution in [2.45, 2.75) is 45.8 Å². The molecule has 0 bridgehead atoms. The van der Waals surface area contributed by atoms with Crippen LogP contribution in [0.15, 0.2) is 42.1 Å². The summed E-state index contributed by atoms with van der Waals surface area (Å²) >= 11 is 12.1. The van der Waals surface area contributed by atoms with Gasteiger partial charge < -0.3 is 14.4 Å². The first-order valence-corrected chi connectivity index (χ1v) is 10.7. The van der Waals surface area contributed by atoms with Gasteiger partial charge in [-0.3, -0.25) is 4.98 Å². The second-order valence-corrected chi connectivity index (χ2v) is 9.06. The van der Waals surface area contributed by atoms with Crippen molar-refractivity contribution in [3.8, 4) is 5.75 Å². The molecule has 0 N–H and O–H groups in total. The summed E-state index contributed by atoms with van der Waals surface area (Å²) in [7, 11) is 0. The normalized spacial score (nSPS) is 14.4. The summed E-state index contributed by atoms with van der Waals surface area (Å²) in [5, 5.41) is 1.04. The van der Waals surface area contributed by atoms with E-state index in [2.05, 4.69) is 11.1 Å². The molecule has 30 heavy (non-hydrogen) atoms. The van der Waals surface area contributed by atoms with E-state index in [-0.39, 0.29) is 6.09 Å². The van der Waals surface area contributed by atoms with E-state index < -0.39 is 5.60 Å². The van der Waals surface area contributed by atoms with Gasteiger partial charge in [-0.1, -0.05) is 34.9 Å². The molecular formula is C23H26Cl2N2O3. The van der Waals surface area contributed by atoms with E-state index in [0.717, 1.165) is 24.1 Å². The number of rotatable bonds is 4. The lowest BCUT2D eigenvalue weighted by atomic mass is 10.0. The van der Waals surface area contributed by atoms with E-state index in [1.807, 2.05) is 32.9 Å². The molecule has 1 aromatic heterocycles. The Kier molecular flexibility index (Phi) is 7.27. The van der Waals surface area contributed by atoms with Crippen LogP contribution in [0.2, 0.25) is 10.0 Å². The maximum absolute atomic E-state index is 12.2. The van der Waals surface area contributed by atoms with Gasteiger partial charge in [-0.2, -0.15) is 0 Å². The SMILES string of the molecule is CC(C)(C)OC(=O)N1CCC(=Cc2ccnc(COc3ccc(Cl)cc3Cl)c2)CC1. The average molecular weight is 449 g/mol. The summed E-state index contributed by atoms with van der Waals surface area (Å²) in [6.07, 6.45) is 5.34. The van der Waals surface area contributed by atoms with E-state index in [9.17, 15) is 4.79 Å². The maximum Gasteiger partial charge on any atom is 0.410 e. The van der Waals surface area contributed by atoms with Crippen LogP contribution in [0, 0.1) is 0 Å². The highest BCUT2D eigenvalue weighted by Gasteiger charge is 2.24. The standard InChI is InChI=1S/C23H26Cl2N2O3/c1-23(2,3)30-22(28)27-10-7-16(8-11-27)12-17-6-9-26-19(13-17)15-29-21-5-4-18(24)14-20(21)25/h4-6,9,12-14H,7-8,10-11,15H2,1-3H3. The van der Waals surface area contributed by atoms with Gasteiger partial charge in [0.1, 0.15) is 18.0 Å². The number of pyridine rings is 1. The molecule has 0 unspecified atom stereocenters. The second kappa shape index (κ2) is 9.71. The molecule has 0 saturated carbocycles. The van der Waals surface area contributed by atoms with Crippen LogP contribution in [0.25, 0.3) is 6.08 Å². The van der Waals surface area contributed by atoms with Gasteiger partial charge in [0.15, 0.2) is 0 Å². The number of hydrogen-bond acceptors (Lipinski definition) is 4. The third-order valence-corrected chi connectivity index (χ3v) is 5.07. The van der Waals surface area contributed by atoms with Crippen LogP contribution in [-0.2, 0) is 11.3 Å². The first kappa shape index (κ1) is 22.4. The van der Waals surface area contributed by atoms with Crippen LogP contribution >= 0.6 is 23.2 Å². The lowest BCUT2D eigenvalue weighted by molar-refractivity contribution is 0.0237. The monoisotopic (exact) mass is 448 g/mol. The van der Waals surface area contributed by atoms with Gasteiger partial charge in [0.05, 0.1) is 10.7 Å². The van der Waals surface area contributed by atoms with E-state index in [1.165, 1.54) is 5.57 Å². The van der Waals surface area contributed by atoms with Gasteiger partial charge in [-0.15, -0.1) is 0 Å². The number of aromatic nitrogens is 1. The fraction of sp³-hybridized carbons (Fsp3) is 0.391. The molecule has 1 fully saturated rings. The lowest BCUT2D eigenvalue weighted by Gasteiger charge is -2.31. The number of carbonyl (C=O) groups is 1. The molecule has 0 spiro atoms. The van der Waals surface area contributed by atoms with E-state index in [1.54, 1.807) is 29.3 Å². The van der Waals surface area contributed by atoms with Crippen LogP contribution in [0.4, 0.5) is 4.79 Å². The fourth-order valence-electron chi connectivity index (χ4n) is 3.09. The van der Waals surface area contributed by atoms with Crippen LogP contribution in [0.1, 0.15) is 44.9 Å². The number of nitrogens with zero attached hydrogens (tertiary/aromatic N) is 2. The summed E-state index contributed by atoms with van der Waals surface area (Å²) < 4.78 is 11.2. The first-order chi connectivity index (χ1) is 14.2. The van der Waals surface area contributed by atoms with E-state index in [0.29, 0.717) is 35.5 Å². The smallest absolute Gasteiger partial charge is 0.410 e. The zero-order valence-electron chi connectivity index (χ0n) is 17.5. The summed E-state index contributed by atoms with van der Waals surface area (Å²) in [5.41, 5.74) is 2.69. The second-order valence-electron chi connectivity index (χ2n) is 8.21. The minimum absolute atomic E-state index is 0.245. The number of hydrogen-bond donors (Lipinski definition) is 0. The summed E-state index contributed by atoms with van der Waals surface area (Å²) in [5.74, 6) is 0.570. The Morgan fingerprint density at radius 1 is 1.17 bits per heavy atom. The summed E-state index contributed by atoms with van der Waals surface area (Å²) in [6, 6.07) is 9.09. The Bertz CT molecular complexity index is 928. The first-order valence-electron chi connectivity index (χ1n) is 9.90. The molecule has 160 valence electrons. The third-order valence-electron chi connectivity index (χ3n) is 4.54. The van der Waals surface area contributed by atoms with Gasteiger partial charge in [-0.05, 0) is 69.5 Å². The van der Waals surface area contributed by atoms with Gasteiger partial charge in [-0.25, -0.2) is 4.79 Å². The van der Waals surface area contributed by atoms with Crippen LogP contribution in [0.3, 0.4) is 0 Å². The highest BCUT2D eigenvalue weighted by molar-refractivity contribution is 6.35. The summed E-state index contributed by atoms with van der Waals surface area (Å²) in [6.45, 7) is 7.28. The van der Waals surface area contributed by atoms with Crippen molar-refractivity contribution in [3.05, 3.63) is 63.4 Å². The third kappa shape index (κ3) is 6.64. The molecule has 3 rings (SSSR count). The highest BCUT2D eigenvalue weighted by atomic mass is 35.5. The molecule has 0 aliphatic carbocycles. The number of benzene rings is 1. The van der Waals surface area contributed by atoms with Crippen molar-refractivity contribution in [1.29, 1.82) is 0 Å². The summed E-state index contributed by atoms with van der Waals surface area (Å²) in [4.78, 5) is 18.3. The fourth-order valence-corrected chi connectivity index (χ4v) is 3.56. The zero-order valence-corrected chi connectivity index (χ0v) is 19.0. The molecule has 0 atom stereocenters. The number of ether oxygens (including phenoxy) is 2. The molecule has 1 amide bonds. The Morgan fingerprint density at radius 2 is 1.90 bits per heavy atom. The number of likely N-dealkylation sites (tertiary alicyclic amines) is 1. The molecule has 1 aliphatic heterocycles. The Hall–Kier alpha value is -2.24. The largest absolute Gasteiger partial charge is 0.486 e. The zero-order chi connectivity index (χ0) is 21.7. The van der Waals surface area contributed by atoms with E-state index in [4.69, 9.17) is 32.7 Å². The number of halogens is 2. The molecule has 2 heterocycles. The van der Waals surface area contributed by atoms with Gasteiger partial charge in [0.2, 0.25) is 0 Å². The predicted octanol–water partition coefficient (Wildman–Crippen LogP) is 6.38. The molecule has 0 radical (unpaired) electrons. The Morgan fingerprint density at radius 3 is 2.57 bits per heavy atom. The number of carbonyl (C=O) groups excluding carboxylic acids is 1. The van der Waals surface area contributed by atoms with Crippen molar-refractivity contribution in [2.24, 2.45) is 0 Å². The van der Waals surface area contributed by atoms with Crippen LogP contribution in [0.5, 0.6) is 5.75 Å². The molecule has 5 nitrogen and oxygen atoms in total.